The molecule has 0 aromatic heterocycles. The van der Waals surface area contributed by atoms with Gasteiger partial charge in [0.15, 0.2) is 11.5 Å². The molecular formula is C15H19NO4. The molecule has 2 atom stereocenters. The van der Waals surface area contributed by atoms with E-state index in [2.05, 4.69) is 0 Å². The maximum absolute atomic E-state index is 11.0. The lowest BCUT2D eigenvalue weighted by Gasteiger charge is -2.33. The molecule has 0 aliphatic carbocycles. The van der Waals surface area contributed by atoms with Crippen LogP contribution in [-0.4, -0.2) is 44.3 Å². The summed E-state index contributed by atoms with van der Waals surface area (Å²) in [6, 6.07) is 4.10. The molecule has 3 rings (SSSR count). The molecule has 1 amide bonds. The smallest absolute Gasteiger partial charge is 0.210 e. The minimum atomic E-state index is 0.0750. The Labute approximate surface area is 118 Å². The number of carbonyl (C=O) groups is 1. The minimum absolute atomic E-state index is 0.0750. The van der Waals surface area contributed by atoms with E-state index >= 15 is 0 Å². The first kappa shape index (κ1) is 13.2. The third-order valence-corrected chi connectivity index (χ3v) is 3.97. The quantitative estimate of drug-likeness (QED) is 0.605. The highest BCUT2D eigenvalue weighted by Gasteiger charge is 2.27. The summed E-state index contributed by atoms with van der Waals surface area (Å²) in [5.74, 6) is 1.47. The van der Waals surface area contributed by atoms with Crippen LogP contribution in [-0.2, 0) is 16.0 Å². The largest absolute Gasteiger partial charge is 0.493 e. The van der Waals surface area contributed by atoms with E-state index in [1.165, 1.54) is 5.56 Å². The van der Waals surface area contributed by atoms with Gasteiger partial charge in [0.2, 0.25) is 6.41 Å². The molecule has 5 nitrogen and oxygen atoms in total. The average Bonchev–Trinajstić information content (AvgIpc) is 3.29. The lowest BCUT2D eigenvalue weighted by molar-refractivity contribution is -0.120. The molecule has 1 aromatic rings. The fourth-order valence-corrected chi connectivity index (χ4v) is 2.61. The number of ether oxygens (including phenoxy) is 3. The molecule has 5 heteroatoms. The monoisotopic (exact) mass is 277 g/mol. The molecule has 2 aliphatic heterocycles. The van der Waals surface area contributed by atoms with E-state index < -0.39 is 0 Å². The van der Waals surface area contributed by atoms with Crippen LogP contribution >= 0.6 is 0 Å². The Hall–Kier alpha value is -1.75. The van der Waals surface area contributed by atoms with Gasteiger partial charge in [-0.1, -0.05) is 0 Å². The standard InChI is InChI=1S/C15H19NO4/c1-10-13-6-14(18-2)15(20-8-12-7-19-12)5-11(13)3-4-16(10)9-17/h5-6,9-10,12H,3-4,7-8H2,1-2H3. The second-order valence-electron chi connectivity index (χ2n) is 5.24. The number of epoxide rings is 1. The minimum Gasteiger partial charge on any atom is -0.493 e. The van der Waals surface area contributed by atoms with Crippen molar-refractivity contribution in [2.45, 2.75) is 25.5 Å². The van der Waals surface area contributed by atoms with E-state index in [1.54, 1.807) is 12.0 Å². The number of fused-ring (bicyclic) bond motifs is 1. The Bertz CT molecular complexity index is 513. The Morgan fingerprint density at radius 3 is 2.90 bits per heavy atom. The number of amides is 1. The van der Waals surface area contributed by atoms with Crippen molar-refractivity contribution in [3.05, 3.63) is 23.3 Å². The highest BCUT2D eigenvalue weighted by molar-refractivity contribution is 5.54. The van der Waals surface area contributed by atoms with Gasteiger partial charge in [0.05, 0.1) is 19.8 Å². The highest BCUT2D eigenvalue weighted by Crippen LogP contribution is 2.37. The zero-order valence-electron chi connectivity index (χ0n) is 11.8. The fourth-order valence-electron chi connectivity index (χ4n) is 2.61. The van der Waals surface area contributed by atoms with Crippen molar-refractivity contribution >= 4 is 6.41 Å². The summed E-state index contributed by atoms with van der Waals surface area (Å²) < 4.78 is 16.3. The van der Waals surface area contributed by atoms with Crippen LogP contribution in [0.5, 0.6) is 11.5 Å². The maximum Gasteiger partial charge on any atom is 0.210 e. The summed E-state index contributed by atoms with van der Waals surface area (Å²) in [4.78, 5) is 12.8. The first-order valence-corrected chi connectivity index (χ1v) is 6.89. The van der Waals surface area contributed by atoms with E-state index in [0.717, 1.165) is 37.3 Å². The third-order valence-electron chi connectivity index (χ3n) is 3.97. The van der Waals surface area contributed by atoms with Crippen molar-refractivity contribution in [1.29, 1.82) is 0 Å². The number of rotatable bonds is 5. The zero-order valence-corrected chi connectivity index (χ0v) is 11.8. The molecule has 0 radical (unpaired) electrons. The number of benzene rings is 1. The molecule has 0 N–H and O–H groups in total. The van der Waals surface area contributed by atoms with Crippen LogP contribution in [0.1, 0.15) is 24.1 Å². The third kappa shape index (κ3) is 2.45. The SMILES string of the molecule is COc1cc2c(cc1OCC1CO1)CCN(C=O)C2C. The number of nitrogens with zero attached hydrogens (tertiary/aromatic N) is 1. The van der Waals surface area contributed by atoms with Crippen LogP contribution in [0.4, 0.5) is 0 Å². The van der Waals surface area contributed by atoms with E-state index in [-0.39, 0.29) is 12.1 Å². The molecule has 1 saturated heterocycles. The van der Waals surface area contributed by atoms with Crippen molar-refractivity contribution in [3.63, 3.8) is 0 Å². The van der Waals surface area contributed by atoms with Crippen LogP contribution in [0.3, 0.4) is 0 Å². The summed E-state index contributed by atoms with van der Waals surface area (Å²) in [6.45, 7) is 4.11. The zero-order chi connectivity index (χ0) is 14.1. The topological polar surface area (TPSA) is 51.3 Å². The van der Waals surface area contributed by atoms with E-state index in [4.69, 9.17) is 14.2 Å². The van der Waals surface area contributed by atoms with Crippen molar-refractivity contribution in [2.24, 2.45) is 0 Å². The number of hydrogen-bond donors (Lipinski definition) is 0. The summed E-state index contributed by atoms with van der Waals surface area (Å²) in [5.41, 5.74) is 2.36. The van der Waals surface area contributed by atoms with Crippen molar-refractivity contribution in [1.82, 2.24) is 4.90 Å². The lowest BCUT2D eigenvalue weighted by atomic mass is 9.93. The lowest BCUT2D eigenvalue weighted by Crippen LogP contribution is -2.32. The normalized spacial score (nSPS) is 24.0. The molecule has 2 aliphatic rings. The van der Waals surface area contributed by atoms with Crippen LogP contribution in [0, 0.1) is 0 Å². The molecule has 108 valence electrons. The second-order valence-corrected chi connectivity index (χ2v) is 5.24. The van der Waals surface area contributed by atoms with E-state index in [0.29, 0.717) is 12.4 Å². The van der Waals surface area contributed by atoms with E-state index in [1.807, 2.05) is 19.1 Å². The summed E-state index contributed by atoms with van der Waals surface area (Å²) >= 11 is 0. The second kappa shape index (κ2) is 5.32. The van der Waals surface area contributed by atoms with Gasteiger partial charge in [0.1, 0.15) is 12.7 Å². The molecule has 0 bridgehead atoms. The number of methoxy groups -OCH3 is 1. The van der Waals surface area contributed by atoms with Gasteiger partial charge in [-0.05, 0) is 36.6 Å². The Kier molecular flexibility index (Phi) is 3.53. The Balaban J connectivity index is 1.88. The first-order chi connectivity index (χ1) is 9.72. The van der Waals surface area contributed by atoms with Gasteiger partial charge in [-0.15, -0.1) is 0 Å². The molecule has 1 fully saturated rings. The summed E-state index contributed by atoms with van der Waals surface area (Å²) in [7, 11) is 1.63. The number of carbonyl (C=O) groups excluding carboxylic acids is 1. The molecule has 20 heavy (non-hydrogen) atoms. The Morgan fingerprint density at radius 1 is 1.45 bits per heavy atom. The van der Waals surface area contributed by atoms with Gasteiger partial charge in [-0.3, -0.25) is 4.79 Å². The predicted octanol–water partition coefficient (Wildman–Crippen LogP) is 1.55. The van der Waals surface area contributed by atoms with Crippen LogP contribution in [0.15, 0.2) is 12.1 Å². The van der Waals surface area contributed by atoms with Gasteiger partial charge in [-0.25, -0.2) is 0 Å². The highest BCUT2D eigenvalue weighted by atomic mass is 16.6. The molecule has 0 saturated carbocycles. The van der Waals surface area contributed by atoms with Crippen molar-refractivity contribution in [2.75, 3.05) is 26.9 Å². The molecule has 2 heterocycles. The first-order valence-electron chi connectivity index (χ1n) is 6.89. The number of hydrogen-bond acceptors (Lipinski definition) is 4. The predicted molar refractivity (Wildman–Crippen MR) is 73.1 cm³/mol. The average molecular weight is 277 g/mol. The van der Waals surface area contributed by atoms with Gasteiger partial charge in [-0.2, -0.15) is 0 Å². The van der Waals surface area contributed by atoms with Gasteiger partial charge >= 0.3 is 0 Å². The van der Waals surface area contributed by atoms with Gasteiger partial charge < -0.3 is 19.1 Å². The Morgan fingerprint density at radius 2 is 2.25 bits per heavy atom. The molecule has 0 spiro atoms. The van der Waals surface area contributed by atoms with Crippen LogP contribution < -0.4 is 9.47 Å². The molecule has 2 unspecified atom stereocenters. The van der Waals surface area contributed by atoms with Crippen LogP contribution in [0.2, 0.25) is 0 Å². The van der Waals surface area contributed by atoms with Gasteiger partial charge in [0, 0.05) is 6.54 Å². The van der Waals surface area contributed by atoms with Gasteiger partial charge in [0.25, 0.3) is 0 Å². The summed E-state index contributed by atoms with van der Waals surface area (Å²) in [5, 5.41) is 0. The molecule has 1 aromatic carbocycles. The fraction of sp³-hybridized carbons (Fsp3) is 0.533. The maximum atomic E-state index is 11.0. The van der Waals surface area contributed by atoms with E-state index in [9.17, 15) is 4.79 Å². The van der Waals surface area contributed by atoms with Crippen molar-refractivity contribution in [3.8, 4) is 11.5 Å². The molecular weight excluding hydrogens is 258 g/mol. The summed E-state index contributed by atoms with van der Waals surface area (Å²) in [6.07, 6.45) is 1.98. The van der Waals surface area contributed by atoms with Crippen molar-refractivity contribution < 1.29 is 19.0 Å². The van der Waals surface area contributed by atoms with Crippen LogP contribution in [0.25, 0.3) is 0 Å².